The smallest absolute Gasteiger partial charge is 0.222 e. The van der Waals surface area contributed by atoms with Gasteiger partial charge in [-0.25, -0.2) is 0 Å². The molecule has 3 atom stereocenters. The van der Waals surface area contributed by atoms with Crippen molar-refractivity contribution in [2.45, 2.75) is 58.2 Å². The summed E-state index contributed by atoms with van der Waals surface area (Å²) in [6, 6.07) is -0.0215. The molecular formula is C16H31ClN4O2S. The predicted octanol–water partition coefficient (Wildman–Crippen LogP) is 2.39. The van der Waals surface area contributed by atoms with Crippen LogP contribution in [0.2, 0.25) is 0 Å². The molecule has 3 unspecified atom stereocenters. The summed E-state index contributed by atoms with van der Waals surface area (Å²) in [5.74, 6) is 1.38. The molecule has 0 aliphatic carbocycles. The van der Waals surface area contributed by atoms with Gasteiger partial charge < -0.3 is 10.2 Å². The number of carbonyl (C=O) groups excluding carboxylic acids is 1. The lowest BCUT2D eigenvalue weighted by atomic mass is 10.1. The fraction of sp³-hybridized carbons (Fsp3) is 0.812. The normalized spacial score (nSPS) is 26.0. The highest BCUT2D eigenvalue weighted by molar-refractivity contribution is 7.86. The Bertz CT molecular complexity index is 481. The monoisotopic (exact) mass is 378 g/mol. The molecule has 6 nitrogen and oxygen atoms in total. The van der Waals surface area contributed by atoms with Gasteiger partial charge in [0, 0.05) is 43.6 Å². The van der Waals surface area contributed by atoms with Gasteiger partial charge >= 0.3 is 0 Å². The first-order valence-electron chi connectivity index (χ1n) is 8.61. The molecule has 0 spiro atoms. The van der Waals surface area contributed by atoms with E-state index in [2.05, 4.69) is 15.3 Å². The van der Waals surface area contributed by atoms with E-state index in [9.17, 15) is 9.00 Å². The predicted molar refractivity (Wildman–Crippen MR) is 105 cm³/mol. The molecule has 0 aromatic carbocycles. The largest absolute Gasteiger partial charge is 0.349 e. The van der Waals surface area contributed by atoms with Gasteiger partial charge in [0.05, 0.1) is 6.04 Å². The van der Waals surface area contributed by atoms with E-state index in [1.54, 1.807) is 19.0 Å². The number of carbonyl (C=O) groups is 1. The van der Waals surface area contributed by atoms with Gasteiger partial charge in [0.2, 0.25) is 5.91 Å². The second-order valence-electron chi connectivity index (χ2n) is 5.07. The first kappa shape index (κ1) is 23.1. The molecule has 0 aromatic rings. The zero-order chi connectivity index (χ0) is 18.7. The summed E-state index contributed by atoms with van der Waals surface area (Å²) in [5.41, 5.74) is 0. The average Bonchev–Trinajstić information content (AvgIpc) is 2.95. The van der Waals surface area contributed by atoms with Crippen LogP contribution in [0.3, 0.4) is 0 Å². The van der Waals surface area contributed by atoms with Crippen LogP contribution in [0.25, 0.3) is 0 Å². The lowest BCUT2D eigenvalue weighted by Crippen LogP contribution is -2.47. The third-order valence-corrected chi connectivity index (χ3v) is 5.29. The summed E-state index contributed by atoms with van der Waals surface area (Å²) < 4.78 is 12.0. The number of hydrogen-bond acceptors (Lipinski definition) is 4. The molecule has 2 aliphatic heterocycles. The minimum atomic E-state index is -0.940. The Kier molecular flexibility index (Phi) is 11.9. The molecule has 1 amide bonds. The highest BCUT2D eigenvalue weighted by Crippen LogP contribution is 2.24. The Morgan fingerprint density at radius 1 is 1.38 bits per heavy atom. The van der Waals surface area contributed by atoms with Gasteiger partial charge in [-0.1, -0.05) is 27.7 Å². The average molecular weight is 379 g/mol. The summed E-state index contributed by atoms with van der Waals surface area (Å²) in [6.45, 7) is 8.52. The van der Waals surface area contributed by atoms with Crippen molar-refractivity contribution in [2.24, 2.45) is 9.98 Å². The van der Waals surface area contributed by atoms with Crippen molar-refractivity contribution in [3.05, 3.63) is 0 Å². The number of fused-ring (bicyclic) bond motifs is 1. The van der Waals surface area contributed by atoms with Gasteiger partial charge in [-0.3, -0.25) is 19.0 Å². The highest BCUT2D eigenvalue weighted by Gasteiger charge is 2.40. The van der Waals surface area contributed by atoms with Gasteiger partial charge in [-0.15, -0.1) is 0 Å². The minimum absolute atomic E-state index is 0.0215. The van der Waals surface area contributed by atoms with Gasteiger partial charge in [-0.05, 0) is 24.4 Å². The molecule has 2 aliphatic rings. The van der Waals surface area contributed by atoms with E-state index < -0.39 is 10.8 Å². The number of amidine groups is 2. The lowest BCUT2D eigenvalue weighted by molar-refractivity contribution is -0.128. The summed E-state index contributed by atoms with van der Waals surface area (Å²) in [6.07, 6.45) is 1.91. The molecule has 0 bridgehead atoms. The summed E-state index contributed by atoms with van der Waals surface area (Å²) >= 11 is 5.93. The minimum Gasteiger partial charge on any atom is -0.349 e. The number of aliphatic imine (C=N–C) groups is 2. The van der Waals surface area contributed by atoms with Crippen LogP contribution in [0, 0.1) is 0 Å². The van der Waals surface area contributed by atoms with Crippen molar-refractivity contribution in [3.8, 4) is 0 Å². The molecular weight excluding hydrogens is 348 g/mol. The number of nitrogens with one attached hydrogen (secondary N) is 1. The quantitative estimate of drug-likeness (QED) is 0.603. The van der Waals surface area contributed by atoms with Gasteiger partial charge in [0.1, 0.15) is 11.1 Å². The van der Waals surface area contributed by atoms with E-state index in [-0.39, 0.29) is 17.2 Å². The number of hydrogen-bond donors (Lipinski definition) is 1. The molecule has 1 N–H and O–H groups in total. The molecule has 0 aromatic heterocycles. The third-order valence-electron chi connectivity index (χ3n) is 3.36. The van der Waals surface area contributed by atoms with Crippen molar-refractivity contribution in [1.29, 1.82) is 0 Å². The fourth-order valence-electron chi connectivity index (χ4n) is 2.27. The van der Waals surface area contributed by atoms with E-state index >= 15 is 0 Å². The fourth-order valence-corrected chi connectivity index (χ4v) is 4.15. The molecule has 140 valence electrons. The summed E-state index contributed by atoms with van der Waals surface area (Å²) in [5, 5.41) is 3.05. The van der Waals surface area contributed by atoms with Crippen LogP contribution in [0.1, 0.15) is 47.0 Å². The van der Waals surface area contributed by atoms with Crippen molar-refractivity contribution >= 4 is 39.4 Å². The maximum Gasteiger partial charge on any atom is 0.222 e. The molecule has 2 heterocycles. The van der Waals surface area contributed by atoms with Crippen molar-refractivity contribution < 1.29 is 9.00 Å². The number of rotatable bonds is 4. The first-order chi connectivity index (χ1) is 11.5. The van der Waals surface area contributed by atoms with E-state index in [0.717, 1.165) is 6.42 Å². The van der Waals surface area contributed by atoms with E-state index in [1.165, 1.54) is 0 Å². The number of nitrogens with zero attached hydrogens (tertiary/aromatic N) is 3. The molecule has 1 fully saturated rings. The highest BCUT2D eigenvalue weighted by atomic mass is 35.5. The van der Waals surface area contributed by atoms with Crippen molar-refractivity contribution in [2.75, 3.05) is 26.4 Å². The van der Waals surface area contributed by atoms with E-state index in [1.807, 2.05) is 27.7 Å². The second-order valence-corrected chi connectivity index (χ2v) is 7.10. The Labute approximate surface area is 153 Å². The zero-order valence-electron chi connectivity index (χ0n) is 15.6. The van der Waals surface area contributed by atoms with Crippen LogP contribution in [-0.2, 0) is 15.6 Å². The van der Waals surface area contributed by atoms with Gasteiger partial charge in [0.25, 0.3) is 0 Å². The Morgan fingerprint density at radius 3 is 2.58 bits per heavy atom. The van der Waals surface area contributed by atoms with Crippen LogP contribution < -0.4 is 5.32 Å². The van der Waals surface area contributed by atoms with E-state index in [0.29, 0.717) is 36.3 Å². The zero-order valence-corrected chi connectivity index (χ0v) is 17.2. The number of halogens is 1. The molecule has 24 heavy (non-hydrogen) atoms. The van der Waals surface area contributed by atoms with Gasteiger partial charge in [0.15, 0.2) is 5.29 Å². The van der Waals surface area contributed by atoms with Crippen LogP contribution in [0.15, 0.2) is 9.98 Å². The Hall–Kier alpha value is -0.950. The molecule has 0 saturated carbocycles. The van der Waals surface area contributed by atoms with E-state index in [4.69, 9.17) is 11.6 Å². The molecule has 1 saturated heterocycles. The van der Waals surface area contributed by atoms with Crippen molar-refractivity contribution in [3.63, 3.8) is 0 Å². The third kappa shape index (κ3) is 6.89. The molecule has 2 rings (SSSR count). The van der Waals surface area contributed by atoms with Crippen LogP contribution >= 0.6 is 11.6 Å². The Balaban J connectivity index is 0.00000123. The first-order valence-corrected chi connectivity index (χ1v) is 10.4. The summed E-state index contributed by atoms with van der Waals surface area (Å²) in [4.78, 5) is 21.7. The van der Waals surface area contributed by atoms with Crippen LogP contribution in [-0.4, -0.2) is 63.8 Å². The maximum atomic E-state index is 12.0. The van der Waals surface area contributed by atoms with Crippen LogP contribution in [0.5, 0.6) is 0 Å². The standard InChI is InChI=1S/C12H19ClN4O2S.2C2H6/c1-17(2)9(18)4-3-6-14-11-10-8(5-7-20(10)19)15-12(13)16-11;2*1-2/h8,10H,3-7H2,1-2H3,(H,14,15,16);2*1-2H3. The lowest BCUT2D eigenvalue weighted by Gasteiger charge is -2.23. The SMILES string of the molecule is CC.CC.CN(C)C(=O)CCCN=C1NC(Cl)=NC2CCS(=O)C12. The molecule has 0 radical (unpaired) electrons. The Morgan fingerprint density at radius 2 is 2.00 bits per heavy atom. The topological polar surface area (TPSA) is 74.1 Å². The van der Waals surface area contributed by atoms with Crippen molar-refractivity contribution in [1.82, 2.24) is 10.2 Å². The summed E-state index contributed by atoms with van der Waals surface area (Å²) in [7, 11) is 2.53. The number of amides is 1. The van der Waals surface area contributed by atoms with Crippen LogP contribution in [0.4, 0.5) is 0 Å². The van der Waals surface area contributed by atoms with Gasteiger partial charge in [-0.2, -0.15) is 0 Å². The second kappa shape index (κ2) is 12.4. The molecule has 8 heteroatoms. The maximum absolute atomic E-state index is 12.0.